The van der Waals surface area contributed by atoms with Crippen LogP contribution >= 0.6 is 0 Å². The summed E-state index contributed by atoms with van der Waals surface area (Å²) in [5, 5.41) is 11.4. The van der Waals surface area contributed by atoms with Crippen molar-refractivity contribution in [3.8, 4) is 11.8 Å². The van der Waals surface area contributed by atoms with E-state index in [0.717, 1.165) is 11.1 Å². The molecule has 0 saturated heterocycles. The molecule has 0 bridgehead atoms. The lowest BCUT2D eigenvalue weighted by atomic mass is 10.1. The standard InChI is InChI=1S/C16H15NO3/c1-12-9-15(11-20-12)16(19)17-10-14-6-4-13(5-7-14)3-2-8-18/h4-7,9,11,18H,8,10H2,1H3,(H,17,19). The Bertz CT molecular complexity index is 644. The van der Waals surface area contributed by atoms with Gasteiger partial charge >= 0.3 is 0 Å². The Kier molecular flexibility index (Phi) is 4.59. The minimum Gasteiger partial charge on any atom is -0.469 e. The van der Waals surface area contributed by atoms with Crippen molar-refractivity contribution in [2.24, 2.45) is 0 Å². The quantitative estimate of drug-likeness (QED) is 0.836. The highest BCUT2D eigenvalue weighted by Crippen LogP contribution is 2.07. The molecular formula is C16H15NO3. The maximum atomic E-state index is 11.8. The highest BCUT2D eigenvalue weighted by molar-refractivity contribution is 5.93. The summed E-state index contributed by atoms with van der Waals surface area (Å²) in [5.74, 6) is 5.95. The Morgan fingerprint density at radius 2 is 2.10 bits per heavy atom. The third-order valence-electron chi connectivity index (χ3n) is 2.71. The molecule has 0 spiro atoms. The van der Waals surface area contributed by atoms with Gasteiger partial charge in [-0.05, 0) is 30.7 Å². The lowest BCUT2D eigenvalue weighted by Crippen LogP contribution is -2.22. The Hall–Kier alpha value is -2.51. The zero-order valence-electron chi connectivity index (χ0n) is 11.1. The maximum Gasteiger partial charge on any atom is 0.254 e. The van der Waals surface area contributed by atoms with Gasteiger partial charge in [-0.25, -0.2) is 0 Å². The Morgan fingerprint density at radius 1 is 1.35 bits per heavy atom. The first kappa shape index (κ1) is 13.9. The van der Waals surface area contributed by atoms with E-state index in [-0.39, 0.29) is 12.5 Å². The van der Waals surface area contributed by atoms with Crippen molar-refractivity contribution >= 4 is 5.91 Å². The molecule has 0 fully saturated rings. The molecule has 4 nitrogen and oxygen atoms in total. The molecule has 1 aromatic heterocycles. The van der Waals surface area contributed by atoms with Gasteiger partial charge in [0.25, 0.3) is 5.91 Å². The van der Waals surface area contributed by atoms with Crippen LogP contribution in [-0.2, 0) is 6.54 Å². The van der Waals surface area contributed by atoms with E-state index in [9.17, 15) is 4.79 Å². The molecule has 0 saturated carbocycles. The van der Waals surface area contributed by atoms with E-state index in [1.54, 1.807) is 13.0 Å². The number of amides is 1. The fourth-order valence-electron chi connectivity index (χ4n) is 1.69. The Labute approximate surface area is 117 Å². The van der Waals surface area contributed by atoms with Gasteiger partial charge in [0.2, 0.25) is 0 Å². The van der Waals surface area contributed by atoms with Crippen molar-refractivity contribution < 1.29 is 14.3 Å². The normalized spacial score (nSPS) is 9.70. The largest absolute Gasteiger partial charge is 0.469 e. The van der Waals surface area contributed by atoms with Gasteiger partial charge in [0.05, 0.1) is 5.56 Å². The molecule has 0 radical (unpaired) electrons. The first-order valence-electron chi connectivity index (χ1n) is 6.21. The molecule has 2 rings (SSSR count). The number of hydrogen-bond donors (Lipinski definition) is 2. The summed E-state index contributed by atoms with van der Waals surface area (Å²) in [5.41, 5.74) is 2.33. The number of nitrogens with one attached hydrogen (secondary N) is 1. The monoisotopic (exact) mass is 269 g/mol. The van der Waals surface area contributed by atoms with E-state index < -0.39 is 0 Å². The number of furan rings is 1. The topological polar surface area (TPSA) is 62.5 Å². The molecule has 1 amide bonds. The highest BCUT2D eigenvalue weighted by atomic mass is 16.3. The van der Waals surface area contributed by atoms with Gasteiger partial charge in [-0.3, -0.25) is 4.79 Å². The molecule has 0 aliphatic heterocycles. The van der Waals surface area contributed by atoms with E-state index in [4.69, 9.17) is 9.52 Å². The fraction of sp³-hybridized carbons (Fsp3) is 0.188. The van der Waals surface area contributed by atoms with Crippen LogP contribution in [0.15, 0.2) is 41.0 Å². The molecule has 0 unspecified atom stereocenters. The van der Waals surface area contributed by atoms with E-state index >= 15 is 0 Å². The maximum absolute atomic E-state index is 11.8. The fourth-order valence-corrected chi connectivity index (χ4v) is 1.69. The Morgan fingerprint density at radius 3 is 2.70 bits per heavy atom. The van der Waals surface area contributed by atoms with Crippen molar-refractivity contribution in [3.05, 3.63) is 59.0 Å². The summed E-state index contributed by atoms with van der Waals surface area (Å²) in [7, 11) is 0. The second-order valence-electron chi connectivity index (χ2n) is 4.29. The smallest absolute Gasteiger partial charge is 0.254 e. The minimum absolute atomic E-state index is 0.151. The predicted molar refractivity (Wildman–Crippen MR) is 75.0 cm³/mol. The average molecular weight is 269 g/mol. The zero-order valence-corrected chi connectivity index (χ0v) is 11.1. The first-order chi connectivity index (χ1) is 9.69. The molecular weight excluding hydrogens is 254 g/mol. The summed E-state index contributed by atoms with van der Waals surface area (Å²) in [6.07, 6.45) is 1.44. The summed E-state index contributed by atoms with van der Waals surface area (Å²) < 4.78 is 5.09. The molecule has 0 aliphatic carbocycles. The van der Waals surface area contributed by atoms with E-state index in [1.165, 1.54) is 6.26 Å². The molecule has 2 N–H and O–H groups in total. The summed E-state index contributed by atoms with van der Waals surface area (Å²) in [4.78, 5) is 11.8. The number of carbonyl (C=O) groups is 1. The number of aliphatic hydroxyl groups is 1. The van der Waals surface area contributed by atoms with Crippen LogP contribution in [0.5, 0.6) is 0 Å². The lowest BCUT2D eigenvalue weighted by molar-refractivity contribution is 0.0950. The van der Waals surface area contributed by atoms with Crippen molar-refractivity contribution in [3.63, 3.8) is 0 Å². The number of hydrogen-bond acceptors (Lipinski definition) is 3. The number of rotatable bonds is 3. The van der Waals surface area contributed by atoms with Crippen LogP contribution in [0, 0.1) is 18.8 Å². The van der Waals surface area contributed by atoms with Gasteiger partial charge in [0, 0.05) is 12.1 Å². The molecule has 2 aromatic rings. The van der Waals surface area contributed by atoms with Crippen molar-refractivity contribution in [1.82, 2.24) is 5.32 Å². The number of aliphatic hydroxyl groups excluding tert-OH is 1. The van der Waals surface area contributed by atoms with Gasteiger partial charge in [-0.15, -0.1) is 0 Å². The van der Waals surface area contributed by atoms with E-state index in [0.29, 0.717) is 17.9 Å². The predicted octanol–water partition coefficient (Wildman–Crippen LogP) is 1.86. The minimum atomic E-state index is -0.161. The third kappa shape index (κ3) is 3.74. The van der Waals surface area contributed by atoms with Gasteiger partial charge in [0.15, 0.2) is 0 Å². The van der Waals surface area contributed by atoms with Crippen LogP contribution in [-0.4, -0.2) is 17.6 Å². The number of carbonyl (C=O) groups excluding carboxylic acids is 1. The van der Waals surface area contributed by atoms with Gasteiger partial charge in [0.1, 0.15) is 18.6 Å². The highest BCUT2D eigenvalue weighted by Gasteiger charge is 2.07. The molecule has 20 heavy (non-hydrogen) atoms. The van der Waals surface area contributed by atoms with Crippen LogP contribution in [0.3, 0.4) is 0 Å². The van der Waals surface area contributed by atoms with Crippen LogP contribution < -0.4 is 5.32 Å². The van der Waals surface area contributed by atoms with Crippen molar-refractivity contribution in [2.45, 2.75) is 13.5 Å². The van der Waals surface area contributed by atoms with Crippen LogP contribution in [0.2, 0.25) is 0 Å². The molecule has 1 aromatic carbocycles. The van der Waals surface area contributed by atoms with Crippen LogP contribution in [0.1, 0.15) is 27.2 Å². The molecule has 4 heteroatoms. The SMILES string of the molecule is Cc1cc(C(=O)NCc2ccc(C#CCO)cc2)co1. The summed E-state index contributed by atoms with van der Waals surface area (Å²) in [6, 6.07) is 9.19. The Balaban J connectivity index is 1.92. The second kappa shape index (κ2) is 6.60. The van der Waals surface area contributed by atoms with Gasteiger partial charge in [-0.2, -0.15) is 0 Å². The molecule has 0 atom stereocenters. The average Bonchev–Trinajstić information content (AvgIpc) is 2.90. The van der Waals surface area contributed by atoms with Crippen LogP contribution in [0.4, 0.5) is 0 Å². The number of benzene rings is 1. The molecule has 0 aliphatic rings. The van der Waals surface area contributed by atoms with E-state index in [1.807, 2.05) is 24.3 Å². The van der Waals surface area contributed by atoms with Crippen molar-refractivity contribution in [2.75, 3.05) is 6.61 Å². The third-order valence-corrected chi connectivity index (χ3v) is 2.71. The van der Waals surface area contributed by atoms with E-state index in [2.05, 4.69) is 17.2 Å². The second-order valence-corrected chi connectivity index (χ2v) is 4.29. The molecule has 1 heterocycles. The molecule has 102 valence electrons. The van der Waals surface area contributed by atoms with Gasteiger partial charge < -0.3 is 14.8 Å². The first-order valence-corrected chi connectivity index (χ1v) is 6.21. The lowest BCUT2D eigenvalue weighted by Gasteiger charge is -2.03. The summed E-state index contributed by atoms with van der Waals surface area (Å²) in [6.45, 7) is 2.08. The number of aryl methyl sites for hydroxylation is 1. The van der Waals surface area contributed by atoms with Crippen molar-refractivity contribution in [1.29, 1.82) is 0 Å². The van der Waals surface area contributed by atoms with Crippen LogP contribution in [0.25, 0.3) is 0 Å². The summed E-state index contributed by atoms with van der Waals surface area (Å²) >= 11 is 0. The van der Waals surface area contributed by atoms with Gasteiger partial charge in [-0.1, -0.05) is 24.0 Å². The zero-order chi connectivity index (χ0) is 14.4.